The third-order valence-corrected chi connectivity index (χ3v) is 6.01. The van der Waals surface area contributed by atoms with Gasteiger partial charge >= 0.3 is 0 Å². The first-order valence-corrected chi connectivity index (χ1v) is 8.70. The number of hydrogen-bond acceptors (Lipinski definition) is 4. The topological polar surface area (TPSA) is 44.4 Å². The third kappa shape index (κ3) is 3.12. The van der Waals surface area contributed by atoms with Gasteiger partial charge in [-0.2, -0.15) is 0 Å². The van der Waals surface area contributed by atoms with Crippen LogP contribution in [0.25, 0.3) is 0 Å². The van der Waals surface area contributed by atoms with E-state index in [9.17, 15) is 4.79 Å². The maximum Gasteiger partial charge on any atom is 0.246 e. The molecule has 0 aliphatic carbocycles. The van der Waals surface area contributed by atoms with E-state index in [1.807, 2.05) is 18.8 Å². The predicted octanol–water partition coefficient (Wildman–Crippen LogP) is 1.60. The van der Waals surface area contributed by atoms with Crippen LogP contribution in [0.3, 0.4) is 0 Å². The minimum Gasteiger partial charge on any atom is -0.367 e. The molecule has 2 saturated heterocycles. The molecule has 0 aromatic rings. The van der Waals surface area contributed by atoms with Gasteiger partial charge in [0.05, 0.1) is 10.4 Å². The Hall–Kier alpha value is -0.330. The number of carbonyl (C=O) groups is 1. The first kappa shape index (κ1) is 16.0. The van der Waals surface area contributed by atoms with Crippen molar-refractivity contribution in [2.45, 2.75) is 51.1 Å². The molecule has 0 spiro atoms. The Morgan fingerprint density at radius 3 is 2.90 bits per heavy atom. The molecule has 0 bridgehead atoms. The molecule has 2 rings (SSSR count). The molecule has 20 heavy (non-hydrogen) atoms. The molecular formula is C14H25N3OS2. The van der Waals surface area contributed by atoms with Gasteiger partial charge < -0.3 is 15.5 Å². The number of carbonyl (C=O) groups excluding carboxylic acids is 1. The van der Waals surface area contributed by atoms with Crippen molar-refractivity contribution in [2.24, 2.45) is 5.41 Å². The number of nitrogens with one attached hydrogen (secondary N) is 2. The van der Waals surface area contributed by atoms with Crippen LogP contribution in [0.1, 0.15) is 33.6 Å². The van der Waals surface area contributed by atoms with Crippen LogP contribution in [0.5, 0.6) is 0 Å². The zero-order valence-electron chi connectivity index (χ0n) is 12.7. The number of fused-ring (bicyclic) bond motifs is 1. The van der Waals surface area contributed by atoms with Gasteiger partial charge in [0.25, 0.3) is 0 Å². The van der Waals surface area contributed by atoms with Gasteiger partial charge in [0.2, 0.25) is 5.91 Å². The molecule has 114 valence electrons. The lowest BCUT2D eigenvalue weighted by Gasteiger charge is -2.32. The number of amides is 1. The number of thioether (sulfide) groups is 1. The fourth-order valence-corrected chi connectivity index (χ4v) is 4.91. The van der Waals surface area contributed by atoms with Crippen LogP contribution in [-0.2, 0) is 4.79 Å². The van der Waals surface area contributed by atoms with Gasteiger partial charge in [0, 0.05) is 12.6 Å². The van der Waals surface area contributed by atoms with Crippen LogP contribution in [-0.4, -0.2) is 52.6 Å². The summed E-state index contributed by atoms with van der Waals surface area (Å²) in [5, 5.41) is 6.59. The number of thiocarbonyl (C=S) groups is 1. The highest BCUT2D eigenvalue weighted by Gasteiger charge is 2.48. The molecule has 0 radical (unpaired) electrons. The van der Waals surface area contributed by atoms with Gasteiger partial charge in [-0.05, 0) is 38.0 Å². The monoisotopic (exact) mass is 315 g/mol. The molecular weight excluding hydrogens is 290 g/mol. The van der Waals surface area contributed by atoms with Gasteiger partial charge in [-0.3, -0.25) is 4.79 Å². The summed E-state index contributed by atoms with van der Waals surface area (Å²) in [4.78, 5) is 15.7. The molecule has 2 fully saturated rings. The molecule has 1 amide bonds. The Kier molecular flexibility index (Phi) is 4.97. The largest absolute Gasteiger partial charge is 0.367 e. The second kappa shape index (κ2) is 6.20. The van der Waals surface area contributed by atoms with Crippen molar-refractivity contribution >= 4 is 34.9 Å². The van der Waals surface area contributed by atoms with Crippen molar-refractivity contribution in [2.75, 3.05) is 19.3 Å². The molecule has 0 aromatic carbocycles. The molecule has 6 heteroatoms. The Labute approximate surface area is 131 Å². The molecule has 2 aliphatic heterocycles. The molecule has 3 atom stereocenters. The highest BCUT2D eigenvalue weighted by atomic mass is 32.2. The van der Waals surface area contributed by atoms with Crippen molar-refractivity contribution in [3.8, 4) is 0 Å². The first-order chi connectivity index (χ1) is 9.36. The standard InChI is InChI=1S/C14H25N3OS2/c1-9-14(2,3)7-12-17(9)13(18)10(5-6-20-12)16-11(19)8-15-4/h9-10,12,15H,5-8H2,1-4H3,(H,16,19)/t9-,10-,12+/m1/s1. The SMILES string of the molecule is CNCC(=S)N[C@@H]1CCS[C@H]2CC(C)(C)[C@@H](C)N2C1=O. The van der Waals surface area contributed by atoms with Crippen LogP contribution >= 0.6 is 24.0 Å². The van der Waals surface area contributed by atoms with E-state index in [0.29, 0.717) is 11.9 Å². The predicted molar refractivity (Wildman–Crippen MR) is 89.0 cm³/mol. The molecule has 0 unspecified atom stereocenters. The van der Waals surface area contributed by atoms with Crippen molar-refractivity contribution in [3.63, 3.8) is 0 Å². The van der Waals surface area contributed by atoms with E-state index in [4.69, 9.17) is 12.2 Å². The van der Waals surface area contributed by atoms with E-state index >= 15 is 0 Å². The average Bonchev–Trinajstić information content (AvgIpc) is 2.49. The highest BCUT2D eigenvalue weighted by Crippen LogP contribution is 2.45. The molecule has 2 N–H and O–H groups in total. The molecule has 4 nitrogen and oxygen atoms in total. The molecule has 0 saturated carbocycles. The summed E-state index contributed by atoms with van der Waals surface area (Å²) in [5.74, 6) is 1.23. The Balaban J connectivity index is 2.11. The van der Waals surface area contributed by atoms with Crippen LogP contribution < -0.4 is 10.6 Å². The van der Waals surface area contributed by atoms with Crippen LogP contribution in [0.2, 0.25) is 0 Å². The van der Waals surface area contributed by atoms with Crippen LogP contribution in [0.4, 0.5) is 0 Å². The van der Waals surface area contributed by atoms with Gasteiger partial charge in [-0.15, -0.1) is 11.8 Å². The summed E-state index contributed by atoms with van der Waals surface area (Å²) in [6.45, 7) is 7.31. The Morgan fingerprint density at radius 2 is 2.25 bits per heavy atom. The lowest BCUT2D eigenvalue weighted by Crippen LogP contribution is -2.52. The Morgan fingerprint density at radius 1 is 1.55 bits per heavy atom. The lowest BCUT2D eigenvalue weighted by molar-refractivity contribution is -0.134. The van der Waals surface area contributed by atoms with Crippen molar-refractivity contribution in [3.05, 3.63) is 0 Å². The fourth-order valence-electron chi connectivity index (χ4n) is 2.98. The normalized spacial score (nSPS) is 32.7. The second-order valence-electron chi connectivity index (χ2n) is 6.38. The summed E-state index contributed by atoms with van der Waals surface area (Å²) in [6.07, 6.45) is 1.94. The lowest BCUT2D eigenvalue weighted by atomic mass is 9.86. The van der Waals surface area contributed by atoms with Crippen molar-refractivity contribution in [1.29, 1.82) is 0 Å². The summed E-state index contributed by atoms with van der Waals surface area (Å²) >= 11 is 7.19. The summed E-state index contributed by atoms with van der Waals surface area (Å²) in [6, 6.07) is 0.123. The van der Waals surface area contributed by atoms with Crippen molar-refractivity contribution < 1.29 is 4.79 Å². The smallest absolute Gasteiger partial charge is 0.246 e. The van der Waals surface area contributed by atoms with E-state index in [-0.39, 0.29) is 23.4 Å². The van der Waals surface area contributed by atoms with Gasteiger partial charge in [0.1, 0.15) is 6.04 Å². The second-order valence-corrected chi connectivity index (χ2v) is 8.16. The zero-order chi connectivity index (χ0) is 14.9. The van der Waals surface area contributed by atoms with E-state index < -0.39 is 0 Å². The Bertz CT molecular complexity index is 400. The van der Waals surface area contributed by atoms with Crippen LogP contribution in [0, 0.1) is 5.41 Å². The minimum atomic E-state index is -0.162. The van der Waals surface area contributed by atoms with E-state index in [1.54, 1.807) is 0 Å². The maximum absolute atomic E-state index is 12.8. The first-order valence-electron chi connectivity index (χ1n) is 7.24. The number of rotatable bonds is 3. The van der Waals surface area contributed by atoms with Crippen molar-refractivity contribution in [1.82, 2.24) is 15.5 Å². The molecule has 0 aromatic heterocycles. The molecule has 2 aliphatic rings. The fraction of sp³-hybridized carbons (Fsp3) is 0.857. The van der Waals surface area contributed by atoms with E-state index in [2.05, 4.69) is 36.3 Å². The number of likely N-dealkylation sites (N-methyl/N-ethyl adjacent to an activating group) is 1. The molecule has 2 heterocycles. The van der Waals surface area contributed by atoms with Gasteiger partial charge in [-0.1, -0.05) is 26.1 Å². The number of hydrogen-bond donors (Lipinski definition) is 2. The summed E-state index contributed by atoms with van der Waals surface area (Å²) in [5.41, 5.74) is 0.195. The quantitative estimate of drug-likeness (QED) is 0.775. The zero-order valence-corrected chi connectivity index (χ0v) is 14.4. The average molecular weight is 316 g/mol. The maximum atomic E-state index is 12.8. The van der Waals surface area contributed by atoms with E-state index in [1.165, 1.54) is 0 Å². The van der Waals surface area contributed by atoms with E-state index in [0.717, 1.165) is 23.6 Å². The summed E-state index contributed by atoms with van der Waals surface area (Å²) < 4.78 is 0. The third-order valence-electron chi connectivity index (χ3n) is 4.50. The van der Waals surface area contributed by atoms with Crippen LogP contribution in [0.15, 0.2) is 0 Å². The minimum absolute atomic E-state index is 0.162. The van der Waals surface area contributed by atoms with Gasteiger partial charge in [-0.25, -0.2) is 0 Å². The number of nitrogens with zero attached hydrogens (tertiary/aromatic N) is 1. The highest BCUT2D eigenvalue weighted by molar-refractivity contribution is 7.99. The summed E-state index contributed by atoms with van der Waals surface area (Å²) in [7, 11) is 1.86. The van der Waals surface area contributed by atoms with Gasteiger partial charge in [0.15, 0.2) is 0 Å².